The molecule has 0 spiro atoms. The molecular formula is C15H18BrNO2. The number of anilines is 1. The number of nitrogens with zero attached hydrogens (tertiary/aromatic N) is 1. The molecule has 2 aliphatic heterocycles. The molecule has 0 saturated carbocycles. The van der Waals surface area contributed by atoms with Gasteiger partial charge in [-0.25, -0.2) is 0 Å². The van der Waals surface area contributed by atoms with Crippen molar-refractivity contribution in [1.29, 1.82) is 0 Å². The van der Waals surface area contributed by atoms with Crippen molar-refractivity contribution in [3.63, 3.8) is 0 Å². The molecule has 4 heteroatoms. The number of benzene rings is 1. The molecule has 1 saturated heterocycles. The number of fused-ring (bicyclic) bond motifs is 1. The Bertz CT molecular complexity index is 497. The highest BCUT2D eigenvalue weighted by Gasteiger charge is 2.34. The van der Waals surface area contributed by atoms with Crippen LogP contribution in [-0.2, 0) is 16.0 Å². The smallest absolute Gasteiger partial charge is 0.159 e. The Kier molecular flexibility index (Phi) is 3.63. The number of hydrogen-bond acceptors (Lipinski definition) is 3. The van der Waals surface area contributed by atoms with Crippen molar-refractivity contribution in [2.75, 3.05) is 18.1 Å². The van der Waals surface area contributed by atoms with Crippen LogP contribution in [0.5, 0.6) is 0 Å². The number of halogens is 1. The summed E-state index contributed by atoms with van der Waals surface area (Å²) in [5.41, 5.74) is 2.37. The molecule has 0 unspecified atom stereocenters. The maximum atomic E-state index is 12.2. The third-order valence-corrected chi connectivity index (χ3v) is 4.65. The fraction of sp³-hybridized carbons (Fsp3) is 0.533. The lowest BCUT2D eigenvalue weighted by atomic mass is 9.92. The number of ether oxygens (including phenoxy) is 1. The van der Waals surface area contributed by atoms with Crippen LogP contribution >= 0.6 is 15.9 Å². The second-order valence-corrected chi connectivity index (χ2v) is 6.26. The Morgan fingerprint density at radius 3 is 2.79 bits per heavy atom. The van der Waals surface area contributed by atoms with Crippen molar-refractivity contribution in [3.8, 4) is 0 Å². The number of carbonyl (C=O) groups excluding carboxylic acids is 1. The first-order valence-electron chi connectivity index (χ1n) is 6.84. The van der Waals surface area contributed by atoms with Gasteiger partial charge in [0, 0.05) is 35.8 Å². The molecule has 0 bridgehead atoms. The van der Waals surface area contributed by atoms with E-state index in [2.05, 4.69) is 33.0 Å². The van der Waals surface area contributed by atoms with E-state index < -0.39 is 0 Å². The number of Topliss-reactive ketones (excluding diaryl/α,β-unsaturated/α-hetero) is 1. The highest BCUT2D eigenvalue weighted by Crippen LogP contribution is 2.35. The Morgan fingerprint density at radius 1 is 1.32 bits per heavy atom. The summed E-state index contributed by atoms with van der Waals surface area (Å²) in [6.07, 6.45) is 2.57. The van der Waals surface area contributed by atoms with Crippen molar-refractivity contribution >= 4 is 27.4 Å². The van der Waals surface area contributed by atoms with E-state index in [-0.39, 0.29) is 6.04 Å². The van der Waals surface area contributed by atoms with Crippen molar-refractivity contribution in [3.05, 3.63) is 28.2 Å². The summed E-state index contributed by atoms with van der Waals surface area (Å²) in [6, 6.07) is 6.62. The topological polar surface area (TPSA) is 29.5 Å². The van der Waals surface area contributed by atoms with E-state index >= 15 is 0 Å². The molecule has 0 radical (unpaired) electrons. The predicted octanol–water partition coefficient (Wildman–Crippen LogP) is 2.95. The summed E-state index contributed by atoms with van der Waals surface area (Å²) in [4.78, 5) is 14.5. The second kappa shape index (κ2) is 5.25. The van der Waals surface area contributed by atoms with Gasteiger partial charge in [0.15, 0.2) is 5.78 Å². The van der Waals surface area contributed by atoms with Gasteiger partial charge in [-0.1, -0.05) is 22.0 Å². The molecule has 0 amide bonds. The highest BCUT2D eigenvalue weighted by molar-refractivity contribution is 9.10. The van der Waals surface area contributed by atoms with Crippen molar-refractivity contribution in [2.24, 2.45) is 0 Å². The zero-order valence-electron chi connectivity index (χ0n) is 11.1. The summed E-state index contributed by atoms with van der Waals surface area (Å²) in [7, 11) is 0. The predicted molar refractivity (Wildman–Crippen MR) is 78.6 cm³/mol. The van der Waals surface area contributed by atoms with Crippen LogP contribution in [0.4, 0.5) is 5.69 Å². The van der Waals surface area contributed by atoms with E-state index in [0.29, 0.717) is 18.2 Å². The fourth-order valence-electron chi connectivity index (χ4n) is 3.10. The molecule has 0 N–H and O–H groups in total. The standard InChI is InChI=1S/C15H18BrNO2/c1-10-15(18)8-11-2-3-12(16)9-14(11)17(10)13-4-6-19-7-5-13/h2-3,9-10,13H,4-8H2,1H3/t10-/m1/s1. The Hall–Kier alpha value is -0.870. The first-order valence-corrected chi connectivity index (χ1v) is 7.63. The van der Waals surface area contributed by atoms with Gasteiger partial charge in [-0.05, 0) is 37.5 Å². The van der Waals surface area contributed by atoms with Gasteiger partial charge in [0.1, 0.15) is 0 Å². The van der Waals surface area contributed by atoms with Crippen LogP contribution in [0.25, 0.3) is 0 Å². The minimum atomic E-state index is -0.0232. The van der Waals surface area contributed by atoms with E-state index in [4.69, 9.17) is 4.74 Å². The lowest BCUT2D eigenvalue weighted by molar-refractivity contribution is -0.120. The normalized spacial score (nSPS) is 24.4. The van der Waals surface area contributed by atoms with Crippen LogP contribution in [0, 0.1) is 0 Å². The van der Waals surface area contributed by atoms with Gasteiger partial charge in [0.25, 0.3) is 0 Å². The molecule has 0 aliphatic carbocycles. The van der Waals surface area contributed by atoms with E-state index in [1.807, 2.05) is 13.0 Å². The zero-order valence-corrected chi connectivity index (χ0v) is 12.6. The van der Waals surface area contributed by atoms with Crippen LogP contribution < -0.4 is 4.90 Å². The minimum Gasteiger partial charge on any atom is -0.381 e. The molecule has 1 fully saturated rings. The van der Waals surface area contributed by atoms with Crippen LogP contribution in [0.3, 0.4) is 0 Å². The number of carbonyl (C=O) groups is 1. The largest absolute Gasteiger partial charge is 0.381 e. The quantitative estimate of drug-likeness (QED) is 0.795. The average molecular weight is 324 g/mol. The van der Waals surface area contributed by atoms with Crippen molar-refractivity contribution in [1.82, 2.24) is 0 Å². The molecule has 1 atom stereocenters. The molecular weight excluding hydrogens is 306 g/mol. The maximum absolute atomic E-state index is 12.2. The third kappa shape index (κ3) is 2.43. The molecule has 19 heavy (non-hydrogen) atoms. The van der Waals surface area contributed by atoms with Crippen molar-refractivity contribution in [2.45, 2.75) is 38.3 Å². The summed E-state index contributed by atoms with van der Waals surface area (Å²) in [6.45, 7) is 3.62. The lowest BCUT2D eigenvalue weighted by Gasteiger charge is -2.43. The lowest BCUT2D eigenvalue weighted by Crippen LogP contribution is -2.51. The summed E-state index contributed by atoms with van der Waals surface area (Å²) >= 11 is 3.54. The van der Waals surface area contributed by atoms with Crippen LogP contribution in [0.15, 0.2) is 22.7 Å². The number of rotatable bonds is 1. The van der Waals surface area contributed by atoms with Crippen LogP contribution in [0.2, 0.25) is 0 Å². The van der Waals surface area contributed by atoms with Gasteiger partial charge in [0.05, 0.1) is 6.04 Å². The third-order valence-electron chi connectivity index (χ3n) is 4.16. The van der Waals surface area contributed by atoms with E-state index in [9.17, 15) is 4.79 Å². The molecule has 1 aromatic rings. The fourth-order valence-corrected chi connectivity index (χ4v) is 3.45. The van der Waals surface area contributed by atoms with Gasteiger partial charge in [-0.3, -0.25) is 4.79 Å². The summed E-state index contributed by atoms with van der Waals surface area (Å²) in [5.74, 6) is 0.321. The van der Waals surface area contributed by atoms with Crippen molar-refractivity contribution < 1.29 is 9.53 Å². The van der Waals surface area contributed by atoms with Gasteiger partial charge in [-0.15, -0.1) is 0 Å². The SMILES string of the molecule is C[C@@H]1C(=O)Cc2ccc(Br)cc2N1C1CCOCC1. The molecule has 3 rings (SSSR count). The molecule has 1 aromatic carbocycles. The van der Waals surface area contributed by atoms with Crippen LogP contribution in [-0.4, -0.2) is 31.1 Å². The van der Waals surface area contributed by atoms with Gasteiger partial charge < -0.3 is 9.64 Å². The Labute approximate surface area is 122 Å². The van der Waals surface area contributed by atoms with E-state index in [0.717, 1.165) is 36.1 Å². The molecule has 3 nitrogen and oxygen atoms in total. The second-order valence-electron chi connectivity index (χ2n) is 5.34. The van der Waals surface area contributed by atoms with Gasteiger partial charge >= 0.3 is 0 Å². The minimum absolute atomic E-state index is 0.0232. The van der Waals surface area contributed by atoms with E-state index in [1.54, 1.807) is 0 Å². The monoisotopic (exact) mass is 323 g/mol. The summed E-state index contributed by atoms with van der Waals surface area (Å²) in [5, 5.41) is 0. The highest BCUT2D eigenvalue weighted by atomic mass is 79.9. The zero-order chi connectivity index (χ0) is 13.4. The number of ketones is 1. The number of hydrogen-bond donors (Lipinski definition) is 0. The molecule has 102 valence electrons. The van der Waals surface area contributed by atoms with Gasteiger partial charge in [-0.2, -0.15) is 0 Å². The van der Waals surface area contributed by atoms with Gasteiger partial charge in [0.2, 0.25) is 0 Å². The average Bonchev–Trinajstić information content (AvgIpc) is 2.42. The molecule has 2 aliphatic rings. The van der Waals surface area contributed by atoms with E-state index in [1.165, 1.54) is 5.69 Å². The molecule has 0 aromatic heterocycles. The van der Waals surface area contributed by atoms with Crippen LogP contribution in [0.1, 0.15) is 25.3 Å². The molecule has 2 heterocycles. The Morgan fingerprint density at radius 2 is 2.05 bits per heavy atom. The summed E-state index contributed by atoms with van der Waals surface area (Å²) < 4.78 is 6.52. The Balaban J connectivity index is 2.01. The first kappa shape index (κ1) is 13.1. The first-order chi connectivity index (χ1) is 9.16. The maximum Gasteiger partial charge on any atom is 0.159 e.